The smallest absolute Gasteiger partial charge is 0.123 e. The van der Waals surface area contributed by atoms with Crippen LogP contribution in [0.2, 0.25) is 0 Å². The first kappa shape index (κ1) is 10.6. The van der Waals surface area contributed by atoms with E-state index < -0.39 is 0 Å². The summed E-state index contributed by atoms with van der Waals surface area (Å²) in [5.74, 6) is -0.232. The van der Waals surface area contributed by atoms with Crippen LogP contribution in [0.4, 0.5) is 4.39 Å². The quantitative estimate of drug-likeness (QED) is 0.711. The van der Waals surface area contributed by atoms with Crippen LogP contribution in [0, 0.1) is 17.1 Å². The van der Waals surface area contributed by atoms with Gasteiger partial charge in [0.15, 0.2) is 0 Å². The second kappa shape index (κ2) is 4.73. The molecule has 0 aliphatic rings. The predicted molar refractivity (Wildman–Crippen MR) is 64.4 cm³/mol. The maximum atomic E-state index is 12.7. The highest BCUT2D eigenvalue weighted by molar-refractivity contribution is 7.16. The Balaban J connectivity index is 2.28. The lowest BCUT2D eigenvalue weighted by Gasteiger charge is -1.95. The van der Waals surface area contributed by atoms with E-state index >= 15 is 0 Å². The summed E-state index contributed by atoms with van der Waals surface area (Å²) in [7, 11) is 0. The highest BCUT2D eigenvalue weighted by Gasteiger charge is 2.01. The lowest BCUT2D eigenvalue weighted by Crippen LogP contribution is -1.73. The second-order valence-corrected chi connectivity index (χ2v) is 4.29. The molecule has 0 aliphatic heterocycles. The van der Waals surface area contributed by atoms with Gasteiger partial charge in [-0.05, 0) is 35.9 Å². The number of hydrogen-bond donors (Lipinski definition) is 0. The van der Waals surface area contributed by atoms with Gasteiger partial charge >= 0.3 is 0 Å². The van der Waals surface area contributed by atoms with Crippen molar-refractivity contribution in [3.63, 3.8) is 0 Å². The van der Waals surface area contributed by atoms with Crippen LogP contribution < -0.4 is 0 Å². The number of benzene rings is 1. The van der Waals surface area contributed by atoms with Gasteiger partial charge < -0.3 is 0 Å². The number of allylic oxidation sites excluding steroid dienone is 1. The summed E-state index contributed by atoms with van der Waals surface area (Å²) < 4.78 is 12.7. The molecule has 3 heteroatoms. The zero-order chi connectivity index (χ0) is 11.4. The summed E-state index contributed by atoms with van der Waals surface area (Å²) in [6.45, 7) is 0. The Bertz CT molecular complexity index is 546. The number of nitrogens with zero attached hydrogens (tertiary/aromatic N) is 1. The van der Waals surface area contributed by atoms with Gasteiger partial charge in [-0.3, -0.25) is 0 Å². The topological polar surface area (TPSA) is 23.8 Å². The van der Waals surface area contributed by atoms with Crippen molar-refractivity contribution >= 4 is 17.4 Å². The standard InChI is InChI=1S/C13H8FNS/c14-11-5-3-10(4-6-11)13-8-7-12(16-13)2-1-9-15/h1-8H. The number of nitriles is 1. The normalized spacial score (nSPS) is 10.5. The molecule has 1 aromatic carbocycles. The van der Waals surface area contributed by atoms with Gasteiger partial charge in [-0.15, -0.1) is 11.3 Å². The lowest BCUT2D eigenvalue weighted by molar-refractivity contribution is 0.628. The van der Waals surface area contributed by atoms with Crippen LogP contribution in [0.15, 0.2) is 42.5 Å². The van der Waals surface area contributed by atoms with E-state index in [1.165, 1.54) is 18.2 Å². The van der Waals surface area contributed by atoms with Crippen molar-refractivity contribution in [1.82, 2.24) is 0 Å². The number of hydrogen-bond acceptors (Lipinski definition) is 2. The van der Waals surface area contributed by atoms with E-state index in [9.17, 15) is 4.39 Å². The predicted octanol–water partition coefficient (Wildman–Crippen LogP) is 4.09. The number of rotatable bonds is 2. The van der Waals surface area contributed by atoms with Gasteiger partial charge in [0.05, 0.1) is 6.07 Å². The zero-order valence-corrected chi connectivity index (χ0v) is 9.17. The molecule has 16 heavy (non-hydrogen) atoms. The Morgan fingerprint density at radius 3 is 2.56 bits per heavy atom. The highest BCUT2D eigenvalue weighted by Crippen LogP contribution is 2.28. The maximum absolute atomic E-state index is 12.7. The van der Waals surface area contributed by atoms with Gasteiger partial charge in [-0.1, -0.05) is 12.1 Å². The fraction of sp³-hybridized carbons (Fsp3) is 0. The molecule has 0 spiro atoms. The molecule has 2 aromatic rings. The molecule has 0 radical (unpaired) electrons. The average molecular weight is 229 g/mol. The zero-order valence-electron chi connectivity index (χ0n) is 8.35. The van der Waals surface area contributed by atoms with E-state index in [1.54, 1.807) is 29.5 Å². The van der Waals surface area contributed by atoms with Crippen LogP contribution in [-0.4, -0.2) is 0 Å². The molecule has 78 valence electrons. The van der Waals surface area contributed by atoms with Crippen LogP contribution in [0.3, 0.4) is 0 Å². The molecule has 1 heterocycles. The molecular weight excluding hydrogens is 221 g/mol. The fourth-order valence-corrected chi connectivity index (χ4v) is 2.25. The summed E-state index contributed by atoms with van der Waals surface area (Å²) in [6.07, 6.45) is 3.21. The Morgan fingerprint density at radius 1 is 1.12 bits per heavy atom. The molecule has 0 saturated carbocycles. The molecule has 1 nitrogen and oxygen atoms in total. The van der Waals surface area contributed by atoms with Crippen molar-refractivity contribution in [3.05, 3.63) is 53.2 Å². The van der Waals surface area contributed by atoms with Gasteiger partial charge in [-0.25, -0.2) is 4.39 Å². The summed E-state index contributed by atoms with van der Waals surface area (Å²) in [5, 5.41) is 8.41. The molecule has 0 aliphatic carbocycles. The third kappa shape index (κ3) is 2.36. The van der Waals surface area contributed by atoms with Gasteiger partial charge in [0, 0.05) is 15.8 Å². The van der Waals surface area contributed by atoms with Crippen LogP contribution in [0.1, 0.15) is 4.88 Å². The largest absolute Gasteiger partial charge is 0.207 e. The van der Waals surface area contributed by atoms with Crippen molar-refractivity contribution < 1.29 is 4.39 Å². The minimum absolute atomic E-state index is 0.232. The minimum Gasteiger partial charge on any atom is -0.207 e. The van der Waals surface area contributed by atoms with Gasteiger partial charge in [0.2, 0.25) is 0 Å². The fourth-order valence-electron chi connectivity index (χ4n) is 1.33. The first-order valence-corrected chi connectivity index (χ1v) is 5.53. The first-order chi connectivity index (χ1) is 7.79. The highest BCUT2D eigenvalue weighted by atomic mass is 32.1. The molecule has 1 aromatic heterocycles. The van der Waals surface area contributed by atoms with Crippen molar-refractivity contribution in [2.24, 2.45) is 0 Å². The summed E-state index contributed by atoms with van der Waals surface area (Å²) in [5.41, 5.74) is 0.989. The molecule has 0 atom stereocenters. The van der Waals surface area contributed by atoms with Crippen LogP contribution in [0.25, 0.3) is 16.5 Å². The Kier molecular flexibility index (Phi) is 3.13. The third-order valence-electron chi connectivity index (χ3n) is 2.08. The number of halogens is 1. The molecular formula is C13H8FNS. The maximum Gasteiger partial charge on any atom is 0.123 e. The Labute approximate surface area is 97.1 Å². The Morgan fingerprint density at radius 2 is 1.88 bits per heavy atom. The molecule has 0 N–H and O–H groups in total. The van der Waals surface area contributed by atoms with E-state index in [-0.39, 0.29) is 5.82 Å². The molecule has 0 saturated heterocycles. The van der Waals surface area contributed by atoms with Crippen LogP contribution in [0.5, 0.6) is 0 Å². The van der Waals surface area contributed by atoms with Crippen molar-refractivity contribution in [2.75, 3.05) is 0 Å². The second-order valence-electron chi connectivity index (χ2n) is 3.17. The molecule has 2 rings (SSSR count). The average Bonchev–Trinajstić information content (AvgIpc) is 2.76. The third-order valence-corrected chi connectivity index (χ3v) is 3.18. The summed E-state index contributed by atoms with van der Waals surface area (Å²) in [6, 6.07) is 12.2. The van der Waals surface area contributed by atoms with Gasteiger partial charge in [0.1, 0.15) is 5.82 Å². The van der Waals surface area contributed by atoms with E-state index in [0.29, 0.717) is 0 Å². The van der Waals surface area contributed by atoms with Crippen LogP contribution >= 0.6 is 11.3 Å². The van der Waals surface area contributed by atoms with E-state index in [2.05, 4.69) is 0 Å². The van der Waals surface area contributed by atoms with E-state index in [0.717, 1.165) is 15.3 Å². The van der Waals surface area contributed by atoms with Crippen molar-refractivity contribution in [3.8, 4) is 16.5 Å². The molecule has 0 bridgehead atoms. The summed E-state index contributed by atoms with van der Waals surface area (Å²) >= 11 is 1.57. The molecule has 0 amide bonds. The molecule has 0 unspecified atom stereocenters. The van der Waals surface area contributed by atoms with Gasteiger partial charge in [-0.2, -0.15) is 5.26 Å². The number of thiophene rings is 1. The van der Waals surface area contributed by atoms with Crippen LogP contribution in [-0.2, 0) is 0 Å². The Hall–Kier alpha value is -1.92. The van der Waals surface area contributed by atoms with E-state index in [4.69, 9.17) is 5.26 Å². The van der Waals surface area contributed by atoms with E-state index in [1.807, 2.05) is 18.2 Å². The van der Waals surface area contributed by atoms with Crippen molar-refractivity contribution in [1.29, 1.82) is 5.26 Å². The lowest BCUT2D eigenvalue weighted by atomic mass is 10.2. The SMILES string of the molecule is N#CC=Cc1ccc(-c2ccc(F)cc2)s1. The summed E-state index contributed by atoms with van der Waals surface area (Å²) in [4.78, 5) is 2.08. The first-order valence-electron chi connectivity index (χ1n) is 4.71. The van der Waals surface area contributed by atoms with Gasteiger partial charge in [0.25, 0.3) is 0 Å². The minimum atomic E-state index is -0.232. The van der Waals surface area contributed by atoms with Crippen molar-refractivity contribution in [2.45, 2.75) is 0 Å². The molecule has 0 fully saturated rings. The monoisotopic (exact) mass is 229 g/mol.